The minimum atomic E-state index is -0.671. The molecule has 0 aromatic heterocycles. The van der Waals surface area contributed by atoms with E-state index >= 15 is 0 Å². The summed E-state index contributed by atoms with van der Waals surface area (Å²) in [4.78, 5) is 13.7. The Balaban J connectivity index is 2.66. The smallest absolute Gasteiger partial charge is 0.240 e. The Morgan fingerprint density at radius 2 is 2.29 bits per heavy atom. The van der Waals surface area contributed by atoms with Crippen LogP contribution in [0.4, 0.5) is 10.1 Å². The van der Waals surface area contributed by atoms with Gasteiger partial charge in [-0.2, -0.15) is 4.99 Å². The Hall–Kier alpha value is -1.38. The van der Waals surface area contributed by atoms with Gasteiger partial charge in [0.25, 0.3) is 0 Å². The van der Waals surface area contributed by atoms with Gasteiger partial charge in [-0.25, -0.2) is 9.18 Å². The highest BCUT2D eigenvalue weighted by Gasteiger charge is 2.31. The van der Waals surface area contributed by atoms with E-state index in [9.17, 15) is 9.18 Å². The van der Waals surface area contributed by atoms with Crippen molar-refractivity contribution in [3.8, 4) is 5.75 Å². The largest absolute Gasteiger partial charge is 0.485 e. The molecular weight excluding hydrogens is 245 g/mol. The quantitative estimate of drug-likeness (QED) is 0.569. The van der Waals surface area contributed by atoms with Crippen LogP contribution in [0.2, 0.25) is 5.02 Å². The number of fused-ring (bicyclic) bond motifs is 1. The molecule has 0 saturated heterocycles. The maximum atomic E-state index is 13.6. The van der Waals surface area contributed by atoms with E-state index in [0.717, 1.165) is 12.5 Å². The number of hydrogen-bond donors (Lipinski definition) is 0. The molecule has 5 heteroatoms. The first-order chi connectivity index (χ1) is 7.94. The molecule has 0 aliphatic carbocycles. The van der Waals surface area contributed by atoms with Gasteiger partial charge in [-0.1, -0.05) is 11.6 Å². The molecule has 1 aromatic rings. The van der Waals surface area contributed by atoms with Gasteiger partial charge in [0, 0.05) is 5.56 Å². The van der Waals surface area contributed by atoms with Crippen LogP contribution in [-0.4, -0.2) is 11.7 Å². The van der Waals surface area contributed by atoms with Gasteiger partial charge in [-0.15, -0.1) is 0 Å². The maximum Gasteiger partial charge on any atom is 0.240 e. The Bertz CT molecular complexity index is 522. The highest BCUT2D eigenvalue weighted by atomic mass is 35.5. The summed E-state index contributed by atoms with van der Waals surface area (Å²) in [5.74, 6) is -0.413. The number of rotatable bonds is 1. The average molecular weight is 256 g/mol. The van der Waals surface area contributed by atoms with E-state index in [2.05, 4.69) is 4.99 Å². The monoisotopic (exact) mass is 255 g/mol. The molecule has 0 saturated carbocycles. The van der Waals surface area contributed by atoms with Crippen LogP contribution in [0.3, 0.4) is 0 Å². The molecule has 2 rings (SSSR count). The highest BCUT2D eigenvalue weighted by Crippen LogP contribution is 2.44. The van der Waals surface area contributed by atoms with Gasteiger partial charge in [0.1, 0.15) is 5.60 Å². The zero-order chi connectivity index (χ0) is 12.6. The lowest BCUT2D eigenvalue weighted by Crippen LogP contribution is -2.32. The molecule has 1 aliphatic rings. The summed E-state index contributed by atoms with van der Waals surface area (Å²) < 4.78 is 19.3. The Morgan fingerprint density at radius 3 is 2.94 bits per heavy atom. The molecule has 1 heterocycles. The van der Waals surface area contributed by atoms with Gasteiger partial charge in [0.15, 0.2) is 17.3 Å². The molecule has 0 N–H and O–H groups in total. The van der Waals surface area contributed by atoms with Gasteiger partial charge in [-0.05, 0) is 32.8 Å². The van der Waals surface area contributed by atoms with E-state index < -0.39 is 11.4 Å². The number of benzene rings is 1. The summed E-state index contributed by atoms with van der Waals surface area (Å²) in [6.45, 7) is 3.78. The standard InChI is InChI=1S/C12H11ClFNO2/c1-12(2)4-3-7-8(13)5-9(14)10(15-6-16)11(7)17-12/h5H,3-4H2,1-2H3. The normalized spacial score (nSPS) is 16.7. The van der Waals surface area contributed by atoms with Gasteiger partial charge in [0.05, 0.1) is 5.02 Å². The van der Waals surface area contributed by atoms with Crippen LogP contribution in [0.1, 0.15) is 25.8 Å². The van der Waals surface area contributed by atoms with Crippen molar-refractivity contribution in [2.45, 2.75) is 32.3 Å². The van der Waals surface area contributed by atoms with Gasteiger partial charge < -0.3 is 4.74 Å². The maximum absolute atomic E-state index is 13.6. The first kappa shape index (κ1) is 12.1. The fourth-order valence-corrected chi connectivity index (χ4v) is 2.15. The third kappa shape index (κ3) is 2.19. The van der Waals surface area contributed by atoms with Crippen molar-refractivity contribution >= 4 is 23.4 Å². The molecule has 1 aromatic carbocycles. The minimum Gasteiger partial charge on any atom is -0.485 e. The molecule has 0 spiro atoms. The van der Waals surface area contributed by atoms with Gasteiger partial charge >= 0.3 is 0 Å². The SMILES string of the molecule is CC1(C)CCc2c(Cl)cc(F)c(N=C=O)c2O1. The molecular formula is C12H11ClFNO2. The lowest BCUT2D eigenvalue weighted by atomic mass is 9.93. The summed E-state index contributed by atoms with van der Waals surface area (Å²) >= 11 is 5.95. The van der Waals surface area contributed by atoms with Crippen LogP contribution in [0, 0.1) is 5.82 Å². The lowest BCUT2D eigenvalue weighted by molar-refractivity contribution is 0.0851. The fourth-order valence-electron chi connectivity index (χ4n) is 1.87. The van der Waals surface area contributed by atoms with Crippen LogP contribution < -0.4 is 4.74 Å². The van der Waals surface area contributed by atoms with E-state index in [1.807, 2.05) is 13.8 Å². The zero-order valence-corrected chi connectivity index (χ0v) is 10.3. The summed E-state index contributed by atoms with van der Waals surface area (Å²) in [7, 11) is 0. The Kier molecular flexibility index (Phi) is 2.94. The third-order valence-corrected chi connectivity index (χ3v) is 3.11. The van der Waals surface area contributed by atoms with Crippen LogP contribution in [0.5, 0.6) is 5.75 Å². The van der Waals surface area contributed by atoms with E-state index in [1.54, 1.807) is 0 Å². The lowest BCUT2D eigenvalue weighted by Gasteiger charge is -2.33. The number of hydrogen-bond acceptors (Lipinski definition) is 3. The van der Waals surface area contributed by atoms with E-state index in [4.69, 9.17) is 16.3 Å². The predicted molar refractivity (Wildman–Crippen MR) is 62.2 cm³/mol. The molecule has 1 aliphatic heterocycles. The van der Waals surface area contributed by atoms with Crippen molar-refractivity contribution < 1.29 is 13.9 Å². The molecule has 0 atom stereocenters. The Morgan fingerprint density at radius 1 is 1.59 bits per heavy atom. The molecule has 17 heavy (non-hydrogen) atoms. The van der Waals surface area contributed by atoms with E-state index in [-0.39, 0.29) is 11.4 Å². The van der Waals surface area contributed by atoms with Crippen LogP contribution in [-0.2, 0) is 11.2 Å². The number of nitrogens with zero attached hydrogens (tertiary/aromatic N) is 1. The van der Waals surface area contributed by atoms with Gasteiger partial charge in [0.2, 0.25) is 6.08 Å². The second kappa shape index (κ2) is 4.13. The number of carbonyl (C=O) groups excluding carboxylic acids is 1. The van der Waals surface area contributed by atoms with Crippen LogP contribution >= 0.6 is 11.6 Å². The van der Waals surface area contributed by atoms with E-state index in [1.165, 1.54) is 6.08 Å². The number of aliphatic imine (C=N–C) groups is 1. The summed E-state index contributed by atoms with van der Waals surface area (Å²) in [6, 6.07) is 1.15. The first-order valence-corrected chi connectivity index (χ1v) is 5.60. The second-order valence-corrected chi connectivity index (χ2v) is 4.97. The molecule has 0 fully saturated rings. The molecule has 0 radical (unpaired) electrons. The molecule has 0 bridgehead atoms. The second-order valence-electron chi connectivity index (χ2n) is 4.56. The van der Waals surface area contributed by atoms with Crippen molar-refractivity contribution in [3.63, 3.8) is 0 Å². The fraction of sp³-hybridized carbons (Fsp3) is 0.417. The van der Waals surface area contributed by atoms with Crippen molar-refractivity contribution in [2.75, 3.05) is 0 Å². The average Bonchev–Trinajstić information content (AvgIpc) is 2.22. The first-order valence-electron chi connectivity index (χ1n) is 5.22. The number of halogens is 2. The number of isocyanates is 1. The molecule has 0 unspecified atom stereocenters. The predicted octanol–water partition coefficient (Wildman–Crippen LogP) is 3.55. The summed E-state index contributed by atoms with van der Waals surface area (Å²) in [5, 5.41) is 0.304. The zero-order valence-electron chi connectivity index (χ0n) is 9.51. The molecule has 3 nitrogen and oxygen atoms in total. The van der Waals surface area contributed by atoms with Crippen molar-refractivity contribution in [3.05, 3.63) is 22.5 Å². The van der Waals surface area contributed by atoms with Gasteiger partial charge in [-0.3, -0.25) is 0 Å². The minimum absolute atomic E-state index is 0.118. The third-order valence-electron chi connectivity index (χ3n) is 2.77. The van der Waals surface area contributed by atoms with Crippen molar-refractivity contribution in [1.29, 1.82) is 0 Å². The van der Waals surface area contributed by atoms with E-state index in [0.29, 0.717) is 17.0 Å². The topological polar surface area (TPSA) is 38.7 Å². The van der Waals surface area contributed by atoms with Crippen LogP contribution in [0.25, 0.3) is 0 Å². The Labute approximate surface area is 103 Å². The van der Waals surface area contributed by atoms with Crippen LogP contribution in [0.15, 0.2) is 11.1 Å². The van der Waals surface area contributed by atoms with Crippen molar-refractivity contribution in [1.82, 2.24) is 0 Å². The summed E-state index contributed by atoms with van der Waals surface area (Å²) in [6.07, 6.45) is 2.78. The molecule has 90 valence electrons. The summed E-state index contributed by atoms with van der Waals surface area (Å²) in [5.41, 5.74) is 0.158. The highest BCUT2D eigenvalue weighted by molar-refractivity contribution is 6.31. The molecule has 0 amide bonds. The number of ether oxygens (including phenoxy) is 1. The van der Waals surface area contributed by atoms with Crippen molar-refractivity contribution in [2.24, 2.45) is 4.99 Å².